The van der Waals surface area contributed by atoms with E-state index in [-0.39, 0.29) is 30.3 Å². The van der Waals surface area contributed by atoms with Crippen molar-refractivity contribution in [1.82, 2.24) is 24.9 Å². The maximum absolute atomic E-state index is 12.4. The summed E-state index contributed by atoms with van der Waals surface area (Å²) in [7, 11) is 0. The number of ether oxygens (including phenoxy) is 1. The number of carbonyl (C=O) groups excluding carboxylic acids is 2. The number of aryl methyl sites for hydroxylation is 1. The van der Waals surface area contributed by atoms with Crippen LogP contribution < -0.4 is 15.6 Å². The van der Waals surface area contributed by atoms with E-state index in [2.05, 4.69) is 15.6 Å². The fourth-order valence-corrected chi connectivity index (χ4v) is 4.36. The molecule has 0 atom stereocenters. The Hall–Kier alpha value is -3.76. The van der Waals surface area contributed by atoms with Crippen LogP contribution in [0.1, 0.15) is 28.7 Å². The van der Waals surface area contributed by atoms with E-state index in [0.717, 1.165) is 0 Å². The van der Waals surface area contributed by atoms with Crippen molar-refractivity contribution in [2.45, 2.75) is 19.8 Å². The molecule has 4 aromatic rings. The zero-order chi connectivity index (χ0) is 24.8. The Balaban J connectivity index is 1.55. The Morgan fingerprint density at radius 3 is 2.77 bits per heavy atom. The highest BCUT2D eigenvalue weighted by Gasteiger charge is 2.14. The smallest absolute Gasteiger partial charge is 0.255 e. The molecule has 4 rings (SSSR count). The van der Waals surface area contributed by atoms with Crippen LogP contribution in [0.4, 0.5) is 0 Å². The number of benzene rings is 1. The second kappa shape index (κ2) is 11.1. The number of thiophene rings is 1. The highest BCUT2D eigenvalue weighted by Crippen LogP contribution is 2.26. The molecular formula is C24H22ClN5O4S. The summed E-state index contributed by atoms with van der Waals surface area (Å²) in [6.07, 6.45) is 4.11. The Morgan fingerprint density at radius 2 is 2.03 bits per heavy atom. The van der Waals surface area contributed by atoms with Gasteiger partial charge in [-0.1, -0.05) is 22.9 Å². The summed E-state index contributed by atoms with van der Waals surface area (Å²) in [4.78, 5) is 36.4. The molecule has 0 spiro atoms. The molecule has 1 N–H and O–H groups in total. The average Bonchev–Trinajstić information content (AvgIpc) is 3.49. The summed E-state index contributed by atoms with van der Waals surface area (Å²) in [6.45, 7) is 1.98. The molecule has 0 fully saturated rings. The summed E-state index contributed by atoms with van der Waals surface area (Å²) < 4.78 is 9.57. The van der Waals surface area contributed by atoms with Crippen LogP contribution in [0.2, 0.25) is 4.34 Å². The van der Waals surface area contributed by atoms with E-state index in [1.54, 1.807) is 59.5 Å². The number of Topliss-reactive ketones (excluding diaryl/α,β-unsaturated/α-hetero) is 1. The lowest BCUT2D eigenvalue weighted by molar-refractivity contribution is -0.119. The van der Waals surface area contributed by atoms with Gasteiger partial charge in [-0.05, 0) is 30.3 Å². The number of amides is 1. The Bertz CT molecular complexity index is 1410. The Morgan fingerprint density at radius 1 is 1.17 bits per heavy atom. The first kappa shape index (κ1) is 24.4. The minimum Gasteiger partial charge on any atom is -0.489 e. The standard InChI is InChI=1S/C24H22ClN5O4S/c1-16(31)26-11-13-34-21-14-18(29-12-3-2-4-24(29)33)6-7-19(21)30-15-17(27-28-30)5-8-20(32)22-9-10-23(25)35-22/h2-4,6-7,9-10,12,14-15H,5,8,11,13H2,1H3,(H,26,31). The molecule has 11 heteroatoms. The quantitative estimate of drug-likeness (QED) is 0.258. The summed E-state index contributed by atoms with van der Waals surface area (Å²) >= 11 is 7.17. The van der Waals surface area contributed by atoms with E-state index in [4.69, 9.17) is 16.3 Å². The zero-order valence-electron chi connectivity index (χ0n) is 18.8. The molecule has 1 aromatic carbocycles. The van der Waals surface area contributed by atoms with Gasteiger partial charge in [-0.3, -0.25) is 19.0 Å². The monoisotopic (exact) mass is 511 g/mol. The maximum atomic E-state index is 12.4. The van der Waals surface area contributed by atoms with E-state index >= 15 is 0 Å². The van der Waals surface area contributed by atoms with Crippen molar-refractivity contribution in [3.63, 3.8) is 0 Å². The summed E-state index contributed by atoms with van der Waals surface area (Å²) in [5.41, 5.74) is 1.70. The van der Waals surface area contributed by atoms with Crippen LogP contribution in [0.3, 0.4) is 0 Å². The third-order valence-electron chi connectivity index (χ3n) is 5.02. The summed E-state index contributed by atoms with van der Waals surface area (Å²) in [5, 5.41) is 11.1. The van der Waals surface area contributed by atoms with Crippen molar-refractivity contribution in [3.05, 3.63) is 86.2 Å². The molecule has 0 aliphatic rings. The molecule has 3 aromatic heterocycles. The van der Waals surface area contributed by atoms with Gasteiger partial charge in [0.1, 0.15) is 18.0 Å². The number of pyridine rings is 1. The van der Waals surface area contributed by atoms with Gasteiger partial charge in [0.15, 0.2) is 5.78 Å². The van der Waals surface area contributed by atoms with Crippen LogP contribution in [-0.4, -0.2) is 44.4 Å². The number of hydrogen-bond acceptors (Lipinski definition) is 7. The topological polar surface area (TPSA) is 108 Å². The van der Waals surface area contributed by atoms with Gasteiger partial charge >= 0.3 is 0 Å². The summed E-state index contributed by atoms with van der Waals surface area (Å²) in [6, 6.07) is 13.6. The Kier molecular flexibility index (Phi) is 7.74. The van der Waals surface area contributed by atoms with Crippen LogP contribution in [0.25, 0.3) is 11.4 Å². The summed E-state index contributed by atoms with van der Waals surface area (Å²) in [5.74, 6) is 0.305. The first-order chi connectivity index (χ1) is 16.9. The first-order valence-corrected chi connectivity index (χ1v) is 12.0. The first-order valence-electron chi connectivity index (χ1n) is 10.8. The van der Waals surface area contributed by atoms with Crippen LogP contribution in [-0.2, 0) is 11.2 Å². The molecule has 0 aliphatic heterocycles. The number of rotatable bonds is 10. The molecule has 1 amide bonds. The second-order valence-electron chi connectivity index (χ2n) is 7.57. The Labute approximate surface area is 209 Å². The predicted molar refractivity (Wildman–Crippen MR) is 133 cm³/mol. The number of nitrogens with one attached hydrogen (secondary N) is 1. The van der Waals surface area contributed by atoms with E-state index in [0.29, 0.717) is 45.0 Å². The molecule has 3 heterocycles. The fraction of sp³-hybridized carbons (Fsp3) is 0.208. The van der Waals surface area contributed by atoms with Crippen LogP contribution in [0.5, 0.6) is 5.75 Å². The number of hydrogen-bond donors (Lipinski definition) is 1. The van der Waals surface area contributed by atoms with E-state index < -0.39 is 0 Å². The van der Waals surface area contributed by atoms with Gasteiger partial charge in [-0.2, -0.15) is 0 Å². The van der Waals surface area contributed by atoms with Crippen molar-refractivity contribution in [2.75, 3.05) is 13.2 Å². The number of ketones is 1. The fourth-order valence-electron chi connectivity index (χ4n) is 3.35. The molecule has 9 nitrogen and oxygen atoms in total. The van der Waals surface area contributed by atoms with E-state index in [1.165, 1.54) is 28.9 Å². The molecule has 0 saturated heterocycles. The van der Waals surface area contributed by atoms with Crippen molar-refractivity contribution in [3.8, 4) is 17.1 Å². The van der Waals surface area contributed by atoms with Crippen LogP contribution >= 0.6 is 22.9 Å². The third-order valence-corrected chi connectivity index (χ3v) is 6.29. The highest BCUT2D eigenvalue weighted by molar-refractivity contribution is 7.18. The molecule has 0 aliphatic carbocycles. The minimum absolute atomic E-state index is 0.00361. The zero-order valence-corrected chi connectivity index (χ0v) is 20.4. The molecule has 0 unspecified atom stereocenters. The van der Waals surface area contributed by atoms with Gasteiger partial charge in [-0.15, -0.1) is 16.4 Å². The van der Waals surface area contributed by atoms with Crippen molar-refractivity contribution in [1.29, 1.82) is 0 Å². The molecule has 180 valence electrons. The average molecular weight is 512 g/mol. The van der Waals surface area contributed by atoms with Gasteiger partial charge in [0.2, 0.25) is 5.91 Å². The van der Waals surface area contributed by atoms with Crippen molar-refractivity contribution >= 4 is 34.6 Å². The molecular weight excluding hydrogens is 490 g/mol. The number of nitrogens with zero attached hydrogens (tertiary/aromatic N) is 4. The lowest BCUT2D eigenvalue weighted by Gasteiger charge is -2.14. The third kappa shape index (κ3) is 6.23. The maximum Gasteiger partial charge on any atom is 0.255 e. The lowest BCUT2D eigenvalue weighted by Crippen LogP contribution is -2.25. The van der Waals surface area contributed by atoms with E-state index in [1.807, 2.05) is 0 Å². The molecule has 0 bridgehead atoms. The van der Waals surface area contributed by atoms with Crippen molar-refractivity contribution < 1.29 is 14.3 Å². The van der Waals surface area contributed by atoms with Crippen LogP contribution in [0.15, 0.2) is 65.7 Å². The van der Waals surface area contributed by atoms with Gasteiger partial charge in [0, 0.05) is 38.1 Å². The largest absolute Gasteiger partial charge is 0.489 e. The number of aromatic nitrogens is 4. The lowest BCUT2D eigenvalue weighted by atomic mass is 10.1. The molecule has 35 heavy (non-hydrogen) atoms. The number of carbonyl (C=O) groups is 2. The SMILES string of the molecule is CC(=O)NCCOc1cc(-n2ccccc2=O)ccc1-n1cc(CCC(=O)c2ccc(Cl)s2)nn1. The van der Waals surface area contributed by atoms with Crippen molar-refractivity contribution in [2.24, 2.45) is 0 Å². The minimum atomic E-state index is -0.177. The normalized spacial score (nSPS) is 10.8. The molecule has 0 radical (unpaired) electrons. The predicted octanol–water partition coefficient (Wildman–Crippen LogP) is 3.46. The van der Waals surface area contributed by atoms with Gasteiger partial charge in [-0.25, -0.2) is 4.68 Å². The number of halogens is 1. The van der Waals surface area contributed by atoms with Crippen LogP contribution in [0, 0.1) is 0 Å². The second-order valence-corrected chi connectivity index (χ2v) is 9.29. The van der Waals surface area contributed by atoms with Gasteiger partial charge < -0.3 is 10.1 Å². The van der Waals surface area contributed by atoms with E-state index in [9.17, 15) is 14.4 Å². The molecule has 0 saturated carbocycles. The van der Waals surface area contributed by atoms with Gasteiger partial charge in [0.25, 0.3) is 5.56 Å². The highest BCUT2D eigenvalue weighted by atomic mass is 35.5. The van der Waals surface area contributed by atoms with Gasteiger partial charge in [0.05, 0.1) is 33.3 Å².